The lowest BCUT2D eigenvalue weighted by Gasteiger charge is -2.24. The van der Waals surface area contributed by atoms with E-state index in [1.54, 1.807) is 6.07 Å². The number of ether oxygens (including phenoxy) is 1. The first kappa shape index (κ1) is 8.99. The van der Waals surface area contributed by atoms with E-state index in [-0.39, 0.29) is 11.7 Å². The number of halogens is 1. The Balaban J connectivity index is 2.40. The van der Waals surface area contributed by atoms with E-state index in [1.807, 2.05) is 6.92 Å². The molecule has 14 heavy (non-hydrogen) atoms. The Kier molecular flexibility index (Phi) is 2.11. The molecule has 3 nitrogen and oxygen atoms in total. The van der Waals surface area contributed by atoms with Gasteiger partial charge in [-0.3, -0.25) is 4.79 Å². The Morgan fingerprint density at radius 3 is 3.07 bits per heavy atom. The molecule has 0 aromatic heterocycles. The van der Waals surface area contributed by atoms with Gasteiger partial charge in [0, 0.05) is 0 Å². The molecule has 1 aromatic carbocycles. The third-order valence-corrected chi connectivity index (χ3v) is 2.15. The Hall–Kier alpha value is -1.58. The molecule has 0 saturated heterocycles. The summed E-state index contributed by atoms with van der Waals surface area (Å²) in [5.74, 6) is -0.523. The minimum absolute atomic E-state index is 0.138. The van der Waals surface area contributed by atoms with Crippen LogP contribution in [0.2, 0.25) is 0 Å². The zero-order chi connectivity index (χ0) is 10.1. The van der Waals surface area contributed by atoms with Gasteiger partial charge in [0.25, 0.3) is 5.91 Å². The fraction of sp³-hybridized carbons (Fsp3) is 0.300. The van der Waals surface area contributed by atoms with Gasteiger partial charge in [0.15, 0.2) is 17.7 Å². The number of hydrogen-bond acceptors (Lipinski definition) is 2. The quantitative estimate of drug-likeness (QED) is 0.743. The standard InChI is InChI=1S/C10H10FNO2/c1-2-8-10(13)12-7-5-3-4-6(11)9(7)14-8/h3-5,8H,2H2,1H3,(H,12,13). The summed E-state index contributed by atoms with van der Waals surface area (Å²) in [5, 5.41) is 2.60. The number of rotatable bonds is 1. The van der Waals surface area contributed by atoms with Gasteiger partial charge >= 0.3 is 0 Å². The van der Waals surface area contributed by atoms with E-state index < -0.39 is 11.9 Å². The van der Waals surface area contributed by atoms with Gasteiger partial charge in [0.1, 0.15) is 0 Å². The highest BCUT2D eigenvalue weighted by Crippen LogP contribution is 2.32. The summed E-state index contributed by atoms with van der Waals surface area (Å²) in [4.78, 5) is 11.3. The summed E-state index contributed by atoms with van der Waals surface area (Å²) in [6.07, 6.45) is -0.0565. The van der Waals surface area contributed by atoms with Crippen molar-refractivity contribution in [3.05, 3.63) is 24.0 Å². The molecule has 0 fully saturated rings. The molecule has 0 radical (unpaired) electrons. The van der Waals surface area contributed by atoms with E-state index in [4.69, 9.17) is 4.74 Å². The average Bonchev–Trinajstić information content (AvgIpc) is 2.17. The fourth-order valence-electron chi connectivity index (χ4n) is 1.40. The zero-order valence-corrected chi connectivity index (χ0v) is 7.71. The van der Waals surface area contributed by atoms with Crippen LogP contribution in [0.15, 0.2) is 18.2 Å². The maximum absolute atomic E-state index is 13.2. The number of hydrogen-bond donors (Lipinski definition) is 1. The molecular formula is C10H10FNO2. The Morgan fingerprint density at radius 2 is 2.36 bits per heavy atom. The van der Waals surface area contributed by atoms with Crippen molar-refractivity contribution in [3.8, 4) is 5.75 Å². The minimum Gasteiger partial charge on any atom is -0.475 e. The molecule has 1 N–H and O–H groups in total. The zero-order valence-electron chi connectivity index (χ0n) is 7.71. The third-order valence-electron chi connectivity index (χ3n) is 2.15. The van der Waals surface area contributed by atoms with Crippen LogP contribution in [0.3, 0.4) is 0 Å². The summed E-state index contributed by atoms with van der Waals surface area (Å²) < 4.78 is 18.5. The van der Waals surface area contributed by atoms with E-state index in [0.717, 1.165) is 0 Å². The normalized spacial score (nSPS) is 19.6. The SMILES string of the molecule is CCC1Oc2c(F)cccc2NC1=O. The number of carbonyl (C=O) groups excluding carboxylic acids is 1. The highest BCUT2D eigenvalue weighted by molar-refractivity contribution is 5.97. The second-order valence-electron chi connectivity index (χ2n) is 3.12. The molecule has 0 bridgehead atoms. The highest BCUT2D eigenvalue weighted by Gasteiger charge is 2.27. The maximum atomic E-state index is 13.2. The van der Waals surface area contributed by atoms with Crippen LogP contribution in [0.25, 0.3) is 0 Å². The average molecular weight is 195 g/mol. The van der Waals surface area contributed by atoms with Crippen molar-refractivity contribution in [2.45, 2.75) is 19.4 Å². The van der Waals surface area contributed by atoms with Crippen LogP contribution < -0.4 is 10.1 Å². The fourth-order valence-corrected chi connectivity index (χ4v) is 1.40. The first-order chi connectivity index (χ1) is 6.72. The lowest BCUT2D eigenvalue weighted by atomic mass is 10.2. The van der Waals surface area contributed by atoms with Crippen molar-refractivity contribution in [3.63, 3.8) is 0 Å². The number of nitrogens with one attached hydrogen (secondary N) is 1. The molecule has 1 atom stereocenters. The first-order valence-electron chi connectivity index (χ1n) is 4.48. The number of para-hydroxylation sites is 1. The Morgan fingerprint density at radius 1 is 1.57 bits per heavy atom. The third kappa shape index (κ3) is 1.32. The van der Waals surface area contributed by atoms with Gasteiger partial charge in [-0.2, -0.15) is 0 Å². The predicted molar refractivity (Wildman–Crippen MR) is 49.7 cm³/mol. The van der Waals surface area contributed by atoms with Gasteiger partial charge in [0.05, 0.1) is 5.69 Å². The van der Waals surface area contributed by atoms with Crippen LogP contribution in [0.5, 0.6) is 5.75 Å². The minimum atomic E-state index is -0.584. The second-order valence-corrected chi connectivity index (χ2v) is 3.12. The van der Waals surface area contributed by atoms with Crippen molar-refractivity contribution < 1.29 is 13.9 Å². The van der Waals surface area contributed by atoms with Crippen LogP contribution in [-0.4, -0.2) is 12.0 Å². The van der Waals surface area contributed by atoms with Crippen molar-refractivity contribution in [1.82, 2.24) is 0 Å². The van der Waals surface area contributed by atoms with E-state index in [0.29, 0.717) is 12.1 Å². The number of carbonyl (C=O) groups is 1. The Labute approximate surface area is 80.9 Å². The van der Waals surface area contributed by atoms with Gasteiger partial charge in [-0.25, -0.2) is 4.39 Å². The molecule has 1 unspecified atom stereocenters. The number of fused-ring (bicyclic) bond motifs is 1. The number of anilines is 1. The summed E-state index contributed by atoms with van der Waals surface area (Å²) >= 11 is 0. The van der Waals surface area contributed by atoms with Crippen LogP contribution in [0, 0.1) is 5.82 Å². The van der Waals surface area contributed by atoms with E-state index in [9.17, 15) is 9.18 Å². The molecule has 74 valence electrons. The molecule has 1 heterocycles. The molecule has 0 saturated carbocycles. The largest absolute Gasteiger partial charge is 0.475 e. The smallest absolute Gasteiger partial charge is 0.265 e. The van der Waals surface area contributed by atoms with E-state index in [2.05, 4.69) is 5.32 Å². The lowest BCUT2D eigenvalue weighted by molar-refractivity contribution is -0.123. The van der Waals surface area contributed by atoms with Gasteiger partial charge < -0.3 is 10.1 Å². The summed E-state index contributed by atoms with van der Waals surface area (Å²) in [7, 11) is 0. The van der Waals surface area contributed by atoms with Gasteiger partial charge in [-0.1, -0.05) is 13.0 Å². The Bertz CT molecular complexity index is 378. The molecule has 0 spiro atoms. The van der Waals surface area contributed by atoms with Crippen molar-refractivity contribution >= 4 is 11.6 Å². The topological polar surface area (TPSA) is 38.3 Å². The van der Waals surface area contributed by atoms with Crippen LogP contribution in [0.1, 0.15) is 13.3 Å². The molecule has 1 aliphatic rings. The van der Waals surface area contributed by atoms with Gasteiger partial charge in [0.2, 0.25) is 0 Å². The molecule has 1 aliphatic heterocycles. The van der Waals surface area contributed by atoms with Crippen molar-refractivity contribution in [2.24, 2.45) is 0 Å². The summed E-state index contributed by atoms with van der Waals surface area (Å²) in [6.45, 7) is 1.82. The predicted octanol–water partition coefficient (Wildman–Crippen LogP) is 1.94. The molecular weight excluding hydrogens is 185 g/mol. The van der Waals surface area contributed by atoms with Crippen molar-refractivity contribution in [1.29, 1.82) is 0 Å². The monoisotopic (exact) mass is 195 g/mol. The first-order valence-corrected chi connectivity index (χ1v) is 4.48. The highest BCUT2D eigenvalue weighted by atomic mass is 19.1. The molecule has 1 amide bonds. The summed E-state index contributed by atoms with van der Waals surface area (Å²) in [6, 6.07) is 4.45. The summed E-state index contributed by atoms with van der Waals surface area (Å²) in [5.41, 5.74) is 0.403. The van der Waals surface area contributed by atoms with Crippen molar-refractivity contribution in [2.75, 3.05) is 5.32 Å². The molecule has 0 aliphatic carbocycles. The van der Waals surface area contributed by atoms with Gasteiger partial charge in [-0.15, -0.1) is 0 Å². The number of benzene rings is 1. The maximum Gasteiger partial charge on any atom is 0.265 e. The number of amides is 1. The van der Waals surface area contributed by atoms with Crippen LogP contribution in [-0.2, 0) is 4.79 Å². The van der Waals surface area contributed by atoms with Gasteiger partial charge in [-0.05, 0) is 18.6 Å². The molecule has 1 aromatic rings. The lowest BCUT2D eigenvalue weighted by Crippen LogP contribution is -2.36. The van der Waals surface area contributed by atoms with E-state index in [1.165, 1.54) is 12.1 Å². The van der Waals surface area contributed by atoms with E-state index >= 15 is 0 Å². The molecule has 2 rings (SSSR count). The van der Waals surface area contributed by atoms with Crippen LogP contribution in [0.4, 0.5) is 10.1 Å². The second kappa shape index (κ2) is 3.29. The molecule has 4 heteroatoms. The van der Waals surface area contributed by atoms with Crippen LogP contribution >= 0.6 is 0 Å².